The number of aryl methyl sites for hydroxylation is 1. The zero-order valence-corrected chi connectivity index (χ0v) is 22.5. The van der Waals surface area contributed by atoms with Gasteiger partial charge in [0.05, 0.1) is 29.9 Å². The van der Waals surface area contributed by atoms with Crippen LogP contribution in [0.1, 0.15) is 67.7 Å². The van der Waals surface area contributed by atoms with Gasteiger partial charge in [-0.25, -0.2) is 8.42 Å². The molecule has 0 unspecified atom stereocenters. The monoisotopic (exact) mass is 518 g/mol. The van der Waals surface area contributed by atoms with Gasteiger partial charge in [-0.05, 0) is 75.6 Å². The quantitative estimate of drug-likeness (QED) is 0.371. The zero-order chi connectivity index (χ0) is 26.0. The Balaban J connectivity index is 1.49. The lowest BCUT2D eigenvalue weighted by Gasteiger charge is -2.36. The maximum atomic E-state index is 12.8. The molecule has 0 aromatic heterocycles. The molecule has 3 aromatic rings. The van der Waals surface area contributed by atoms with E-state index in [0.29, 0.717) is 24.8 Å². The number of fused-ring (bicyclic) bond motifs is 3. The van der Waals surface area contributed by atoms with Gasteiger partial charge in [0, 0.05) is 22.7 Å². The smallest absolute Gasteiger partial charge is 0.261 e. The fourth-order valence-corrected chi connectivity index (χ4v) is 6.40. The summed E-state index contributed by atoms with van der Waals surface area (Å²) in [6.45, 7) is 7.01. The third-order valence-corrected chi connectivity index (χ3v) is 8.53. The molecule has 0 bridgehead atoms. The number of nitrogens with one attached hydrogen (secondary N) is 1. The van der Waals surface area contributed by atoms with Crippen molar-refractivity contribution in [1.82, 2.24) is 0 Å². The Bertz CT molecular complexity index is 1400. The van der Waals surface area contributed by atoms with Crippen LogP contribution in [-0.2, 0) is 10.0 Å². The van der Waals surface area contributed by atoms with Crippen LogP contribution in [0.25, 0.3) is 0 Å². The van der Waals surface area contributed by atoms with Gasteiger partial charge in [-0.1, -0.05) is 42.7 Å². The molecule has 194 valence electrons. The Labute approximate surface area is 219 Å². The number of hydrogen-bond acceptors (Lipinski definition) is 5. The molecule has 0 spiro atoms. The van der Waals surface area contributed by atoms with Gasteiger partial charge in [0.1, 0.15) is 0 Å². The van der Waals surface area contributed by atoms with E-state index < -0.39 is 10.0 Å². The number of hydrogen-bond donors (Lipinski definition) is 1. The molecule has 7 heteroatoms. The molecule has 1 saturated carbocycles. The molecule has 1 fully saturated rings. The van der Waals surface area contributed by atoms with Crippen LogP contribution >= 0.6 is 0 Å². The van der Waals surface area contributed by atoms with Gasteiger partial charge in [-0.15, -0.1) is 0 Å². The lowest BCUT2D eigenvalue weighted by molar-refractivity contribution is 0.286. The van der Waals surface area contributed by atoms with E-state index in [9.17, 15) is 8.42 Å². The molecular weight excluding hydrogens is 484 g/mol. The largest absolute Gasteiger partial charge is 0.490 e. The van der Waals surface area contributed by atoms with E-state index in [1.54, 1.807) is 36.4 Å². The average molecular weight is 519 g/mol. The number of benzene rings is 3. The standard InChI is InChI=1S/C30H34N2O4S/c1-4-35-28-18-25-24-8-6-7-9-27(24)31-30(26(25)19-29(28)36-5-2)21-12-14-22(15-13-21)32-37(33,34)23-16-10-20(3)11-17-23/h10-19,24,27,32H,4-9H2,1-3H3/t24-,27-/m1/s1. The number of anilines is 1. The molecule has 0 radical (unpaired) electrons. The summed E-state index contributed by atoms with van der Waals surface area (Å²) in [7, 11) is -3.67. The Kier molecular flexibility index (Phi) is 7.24. The molecule has 37 heavy (non-hydrogen) atoms. The summed E-state index contributed by atoms with van der Waals surface area (Å²) >= 11 is 0. The maximum absolute atomic E-state index is 12.8. The van der Waals surface area contributed by atoms with Crippen molar-refractivity contribution < 1.29 is 17.9 Å². The van der Waals surface area contributed by atoms with Crippen LogP contribution < -0.4 is 14.2 Å². The third-order valence-electron chi connectivity index (χ3n) is 7.14. The zero-order valence-electron chi connectivity index (χ0n) is 21.7. The summed E-state index contributed by atoms with van der Waals surface area (Å²) in [6.07, 6.45) is 4.58. The minimum absolute atomic E-state index is 0.239. The van der Waals surface area contributed by atoms with Crippen LogP contribution in [-0.4, -0.2) is 33.4 Å². The first-order chi connectivity index (χ1) is 17.9. The SMILES string of the molecule is CCOc1cc2c(cc1OCC)[C@H]1CCCC[C@H]1N=C2c1ccc(NS(=O)(=O)c2ccc(C)cc2)cc1. The van der Waals surface area contributed by atoms with E-state index in [-0.39, 0.29) is 10.9 Å². The van der Waals surface area contributed by atoms with Crippen molar-refractivity contribution in [2.45, 2.75) is 63.3 Å². The summed E-state index contributed by atoms with van der Waals surface area (Å²) in [5, 5.41) is 0. The molecule has 1 heterocycles. The fraction of sp³-hybridized carbons (Fsp3) is 0.367. The predicted octanol–water partition coefficient (Wildman–Crippen LogP) is 6.47. The summed E-state index contributed by atoms with van der Waals surface area (Å²) in [5.74, 6) is 1.89. The van der Waals surface area contributed by atoms with Gasteiger partial charge in [0.2, 0.25) is 0 Å². The highest BCUT2D eigenvalue weighted by atomic mass is 32.2. The molecule has 0 saturated heterocycles. The van der Waals surface area contributed by atoms with Gasteiger partial charge < -0.3 is 9.47 Å². The molecule has 1 N–H and O–H groups in total. The average Bonchev–Trinajstić information content (AvgIpc) is 2.89. The molecule has 6 nitrogen and oxygen atoms in total. The van der Waals surface area contributed by atoms with Gasteiger partial charge in [-0.3, -0.25) is 9.71 Å². The molecule has 1 aliphatic carbocycles. The van der Waals surface area contributed by atoms with Crippen LogP contribution in [0.4, 0.5) is 5.69 Å². The molecular formula is C30H34N2O4S. The highest BCUT2D eigenvalue weighted by Gasteiger charge is 2.34. The van der Waals surface area contributed by atoms with Crippen LogP contribution in [0.5, 0.6) is 11.5 Å². The van der Waals surface area contributed by atoms with Gasteiger partial charge in [0.25, 0.3) is 10.0 Å². The molecule has 1 aliphatic heterocycles. The Morgan fingerprint density at radius 3 is 2.22 bits per heavy atom. The summed E-state index contributed by atoms with van der Waals surface area (Å²) < 4.78 is 40.3. The topological polar surface area (TPSA) is 77.0 Å². The van der Waals surface area contributed by atoms with E-state index in [1.807, 2.05) is 32.9 Å². The lowest BCUT2D eigenvalue weighted by Crippen LogP contribution is -2.29. The second kappa shape index (κ2) is 10.6. The summed E-state index contributed by atoms with van der Waals surface area (Å²) in [6, 6.07) is 18.8. The number of nitrogens with zero attached hydrogens (tertiary/aromatic N) is 1. The van der Waals surface area contributed by atoms with Crippen LogP contribution in [0, 0.1) is 6.92 Å². The number of sulfonamides is 1. The Hall–Kier alpha value is -3.32. The first-order valence-electron chi connectivity index (χ1n) is 13.1. The van der Waals surface area contributed by atoms with Gasteiger partial charge in [-0.2, -0.15) is 0 Å². The first-order valence-corrected chi connectivity index (χ1v) is 14.6. The van der Waals surface area contributed by atoms with Crippen molar-refractivity contribution in [3.8, 4) is 11.5 Å². The van der Waals surface area contributed by atoms with E-state index in [4.69, 9.17) is 14.5 Å². The number of ether oxygens (including phenoxy) is 2. The third kappa shape index (κ3) is 5.23. The summed E-state index contributed by atoms with van der Waals surface area (Å²) in [5.41, 5.74) is 5.75. The van der Waals surface area contributed by atoms with Crippen molar-refractivity contribution >= 4 is 21.4 Å². The molecule has 3 aromatic carbocycles. The normalized spacial score (nSPS) is 18.8. The molecule has 2 aliphatic rings. The van der Waals surface area contributed by atoms with Crippen LogP contribution in [0.15, 0.2) is 70.6 Å². The minimum atomic E-state index is -3.67. The second-order valence-corrected chi connectivity index (χ2v) is 11.4. The van der Waals surface area contributed by atoms with Crippen molar-refractivity contribution in [2.75, 3.05) is 17.9 Å². The van der Waals surface area contributed by atoms with E-state index in [0.717, 1.165) is 46.7 Å². The number of rotatable bonds is 8. The molecule has 5 rings (SSSR count). The summed E-state index contributed by atoms with van der Waals surface area (Å²) in [4.78, 5) is 5.47. The van der Waals surface area contributed by atoms with Crippen molar-refractivity contribution in [1.29, 1.82) is 0 Å². The van der Waals surface area contributed by atoms with E-state index in [2.05, 4.69) is 16.9 Å². The van der Waals surface area contributed by atoms with Crippen molar-refractivity contribution in [3.05, 3.63) is 82.9 Å². The van der Waals surface area contributed by atoms with Crippen molar-refractivity contribution in [3.63, 3.8) is 0 Å². The lowest BCUT2D eigenvalue weighted by atomic mass is 9.75. The van der Waals surface area contributed by atoms with Gasteiger partial charge in [0.15, 0.2) is 11.5 Å². The molecule has 2 atom stereocenters. The second-order valence-electron chi connectivity index (χ2n) is 9.68. The van der Waals surface area contributed by atoms with E-state index in [1.165, 1.54) is 18.4 Å². The van der Waals surface area contributed by atoms with Crippen LogP contribution in [0.3, 0.4) is 0 Å². The predicted molar refractivity (Wildman–Crippen MR) is 148 cm³/mol. The van der Waals surface area contributed by atoms with E-state index >= 15 is 0 Å². The van der Waals surface area contributed by atoms with Crippen molar-refractivity contribution in [2.24, 2.45) is 4.99 Å². The Morgan fingerprint density at radius 1 is 0.892 bits per heavy atom. The first kappa shape index (κ1) is 25.3. The highest BCUT2D eigenvalue weighted by Crippen LogP contribution is 2.45. The molecule has 0 amide bonds. The van der Waals surface area contributed by atoms with Gasteiger partial charge >= 0.3 is 0 Å². The maximum Gasteiger partial charge on any atom is 0.261 e. The number of aliphatic imine (C=N–C) groups is 1. The fourth-order valence-electron chi connectivity index (χ4n) is 5.35. The Morgan fingerprint density at radius 2 is 1.54 bits per heavy atom. The minimum Gasteiger partial charge on any atom is -0.490 e. The van der Waals surface area contributed by atoms with Crippen LogP contribution in [0.2, 0.25) is 0 Å². The highest BCUT2D eigenvalue weighted by molar-refractivity contribution is 7.92.